The highest BCUT2D eigenvalue weighted by Crippen LogP contribution is 2.54. The van der Waals surface area contributed by atoms with Gasteiger partial charge in [-0.25, -0.2) is 4.39 Å². The van der Waals surface area contributed by atoms with Gasteiger partial charge in [0.05, 0.1) is 24.8 Å². The predicted molar refractivity (Wildman–Crippen MR) is 184 cm³/mol. The van der Waals surface area contributed by atoms with E-state index in [0.29, 0.717) is 43.8 Å². The number of carbonyl (C=O) groups is 1. The first-order valence-electron chi connectivity index (χ1n) is 18.3. The number of benzene rings is 2. The number of nitriles is 1. The molecule has 9 heteroatoms. The third-order valence-electron chi connectivity index (χ3n) is 12.5. The Morgan fingerprint density at radius 2 is 1.77 bits per heavy atom. The molecule has 3 atom stereocenters. The lowest BCUT2D eigenvalue weighted by Crippen LogP contribution is -2.58. The summed E-state index contributed by atoms with van der Waals surface area (Å²) in [5.74, 6) is 1.35. The molecule has 1 saturated carbocycles. The Kier molecular flexibility index (Phi) is 10.1. The van der Waals surface area contributed by atoms with Crippen LogP contribution in [0.4, 0.5) is 10.1 Å². The van der Waals surface area contributed by atoms with Crippen LogP contribution in [0.15, 0.2) is 42.5 Å². The number of piperidine rings is 1. The topological polar surface area (TPSA) is 83.3 Å². The molecule has 5 aliphatic rings. The van der Waals surface area contributed by atoms with Crippen LogP contribution < -0.4 is 4.90 Å². The molecule has 5 fully saturated rings. The van der Waals surface area contributed by atoms with Crippen molar-refractivity contribution in [2.75, 3.05) is 77.5 Å². The second-order valence-corrected chi connectivity index (χ2v) is 15.4. The van der Waals surface area contributed by atoms with Gasteiger partial charge in [-0.3, -0.25) is 9.69 Å². The fraction of sp³-hybridized carbons (Fsp3) is 0.641. The number of β-amino-alcohol motifs (C(OH)–C–C–N with tert-alkyl or cyclic N) is 1. The molecule has 4 aliphatic heterocycles. The molecular formula is C39H52FN5O3. The zero-order valence-electron chi connectivity index (χ0n) is 28.5. The Balaban J connectivity index is 1.02. The molecule has 0 amide bonds. The van der Waals surface area contributed by atoms with E-state index < -0.39 is 0 Å². The summed E-state index contributed by atoms with van der Waals surface area (Å²) in [5.41, 5.74) is 3.90. The lowest BCUT2D eigenvalue weighted by atomic mass is 9.56. The number of hydrogen-bond donors (Lipinski definition) is 1. The Morgan fingerprint density at radius 3 is 2.44 bits per heavy atom. The summed E-state index contributed by atoms with van der Waals surface area (Å²) in [7, 11) is 1.49. The van der Waals surface area contributed by atoms with E-state index in [9.17, 15) is 19.6 Å². The van der Waals surface area contributed by atoms with E-state index >= 15 is 0 Å². The quantitative estimate of drug-likeness (QED) is 0.331. The first-order valence-corrected chi connectivity index (χ1v) is 18.3. The van der Waals surface area contributed by atoms with Gasteiger partial charge in [0, 0.05) is 69.3 Å². The zero-order valence-corrected chi connectivity index (χ0v) is 28.5. The standard InChI is InChI=1S/C39H52FN5O3/c1-48-38(47)18-29-5-2-8-37(29)39(27-43-13-4-14-43,33-6-3-7-34(40)19-33)32-11-15-42(16-12-32)21-28-22-45(23-28)35-10-9-30(20-41)31(17-35)24-44-25-36(46)26-44/h3,6-7,9-10,17,19,28-29,32,36-37,46H,2,4-5,8,11-16,18,21-27H2,1H3/t29-,37+,39+/m1/s1. The number of carbonyl (C=O) groups excluding carboxylic acids is 1. The molecule has 0 aromatic heterocycles. The molecule has 1 N–H and O–H groups in total. The highest BCUT2D eigenvalue weighted by Gasteiger charge is 2.53. The molecule has 7 rings (SSSR count). The summed E-state index contributed by atoms with van der Waals surface area (Å²) >= 11 is 0. The fourth-order valence-corrected chi connectivity index (χ4v) is 9.86. The molecule has 0 radical (unpaired) electrons. The maximum absolute atomic E-state index is 15.0. The van der Waals surface area contributed by atoms with Crippen LogP contribution >= 0.6 is 0 Å². The van der Waals surface area contributed by atoms with Crippen LogP contribution in [0.5, 0.6) is 0 Å². The summed E-state index contributed by atoms with van der Waals surface area (Å²) in [5, 5.41) is 19.3. The Labute approximate surface area is 285 Å². The van der Waals surface area contributed by atoms with E-state index in [1.165, 1.54) is 19.2 Å². The van der Waals surface area contributed by atoms with Crippen LogP contribution in [0.25, 0.3) is 0 Å². The minimum Gasteiger partial charge on any atom is -0.469 e. The third-order valence-corrected chi connectivity index (χ3v) is 12.5. The van der Waals surface area contributed by atoms with Crippen molar-refractivity contribution >= 4 is 11.7 Å². The van der Waals surface area contributed by atoms with Crippen LogP contribution in [-0.4, -0.2) is 104 Å². The van der Waals surface area contributed by atoms with Gasteiger partial charge in [0.2, 0.25) is 0 Å². The monoisotopic (exact) mass is 657 g/mol. The second kappa shape index (κ2) is 14.4. The molecule has 0 spiro atoms. The maximum atomic E-state index is 15.0. The summed E-state index contributed by atoms with van der Waals surface area (Å²) in [6, 6.07) is 16.0. The summed E-state index contributed by atoms with van der Waals surface area (Å²) < 4.78 is 20.1. The predicted octanol–water partition coefficient (Wildman–Crippen LogP) is 4.65. The Bertz CT molecular complexity index is 1470. The van der Waals surface area contributed by atoms with Crippen LogP contribution in [0, 0.1) is 40.8 Å². The summed E-state index contributed by atoms with van der Waals surface area (Å²) in [6.07, 6.45) is 6.85. The SMILES string of the molecule is COC(=O)C[C@H]1CCC[C@@H]1[C@](CN1CCC1)(c1cccc(F)c1)C1CCN(CC2CN(c3ccc(C#N)c(CN4CC(O)C4)c3)C2)CC1. The summed E-state index contributed by atoms with van der Waals surface area (Å²) in [6.45, 7) is 10.4. The van der Waals surface area contributed by atoms with Gasteiger partial charge in [-0.1, -0.05) is 18.6 Å². The van der Waals surface area contributed by atoms with E-state index in [0.717, 1.165) is 101 Å². The second-order valence-electron chi connectivity index (χ2n) is 15.4. The number of ether oxygens (including phenoxy) is 1. The lowest BCUT2D eigenvalue weighted by molar-refractivity contribution is -0.142. The number of aliphatic hydroxyl groups is 1. The van der Waals surface area contributed by atoms with Gasteiger partial charge in [0.15, 0.2) is 0 Å². The molecule has 2 aromatic carbocycles. The Morgan fingerprint density at radius 1 is 0.979 bits per heavy atom. The number of methoxy groups -OCH3 is 1. The number of halogens is 1. The fourth-order valence-electron chi connectivity index (χ4n) is 9.86. The number of esters is 1. The molecule has 4 saturated heterocycles. The number of nitrogens with zero attached hydrogens (tertiary/aromatic N) is 5. The normalized spacial score (nSPS) is 25.9. The van der Waals surface area contributed by atoms with Crippen LogP contribution in [0.2, 0.25) is 0 Å². The Hall–Kier alpha value is -3.03. The van der Waals surface area contributed by atoms with Crippen molar-refractivity contribution in [3.8, 4) is 6.07 Å². The molecule has 8 nitrogen and oxygen atoms in total. The molecule has 48 heavy (non-hydrogen) atoms. The van der Waals surface area contributed by atoms with E-state index in [1.807, 2.05) is 18.2 Å². The van der Waals surface area contributed by atoms with Crippen LogP contribution in [0.1, 0.15) is 61.6 Å². The number of hydrogen-bond acceptors (Lipinski definition) is 8. The van der Waals surface area contributed by atoms with Crippen molar-refractivity contribution in [2.24, 2.45) is 23.7 Å². The van der Waals surface area contributed by atoms with Crippen molar-refractivity contribution in [1.29, 1.82) is 5.26 Å². The van der Waals surface area contributed by atoms with Crippen molar-refractivity contribution in [1.82, 2.24) is 14.7 Å². The molecule has 0 unspecified atom stereocenters. The number of likely N-dealkylation sites (tertiary alicyclic amines) is 3. The van der Waals surface area contributed by atoms with Gasteiger partial charge >= 0.3 is 5.97 Å². The number of anilines is 1. The van der Waals surface area contributed by atoms with Gasteiger partial charge in [-0.15, -0.1) is 0 Å². The van der Waals surface area contributed by atoms with E-state index in [1.54, 1.807) is 6.07 Å². The number of aliphatic hydroxyl groups excluding tert-OH is 1. The molecule has 4 heterocycles. The van der Waals surface area contributed by atoms with Gasteiger partial charge < -0.3 is 24.5 Å². The lowest BCUT2D eigenvalue weighted by Gasteiger charge is -2.54. The maximum Gasteiger partial charge on any atom is 0.305 e. The highest BCUT2D eigenvalue weighted by atomic mass is 19.1. The first-order chi connectivity index (χ1) is 23.3. The van der Waals surface area contributed by atoms with Gasteiger partial charge in [0.25, 0.3) is 0 Å². The molecule has 0 bridgehead atoms. The van der Waals surface area contributed by atoms with Gasteiger partial charge in [-0.2, -0.15) is 5.26 Å². The number of rotatable bonds is 12. The highest BCUT2D eigenvalue weighted by molar-refractivity contribution is 5.69. The van der Waals surface area contributed by atoms with E-state index in [4.69, 9.17) is 4.74 Å². The third kappa shape index (κ3) is 6.87. The van der Waals surface area contributed by atoms with Gasteiger partial charge in [0.1, 0.15) is 5.82 Å². The van der Waals surface area contributed by atoms with Crippen molar-refractivity contribution < 1.29 is 19.0 Å². The largest absolute Gasteiger partial charge is 0.469 e. The zero-order chi connectivity index (χ0) is 33.3. The average molecular weight is 658 g/mol. The summed E-state index contributed by atoms with van der Waals surface area (Å²) in [4.78, 5) is 22.4. The average Bonchev–Trinajstić information content (AvgIpc) is 3.50. The van der Waals surface area contributed by atoms with Crippen molar-refractivity contribution in [3.05, 3.63) is 65.0 Å². The minimum atomic E-state index is -0.246. The smallest absolute Gasteiger partial charge is 0.305 e. The van der Waals surface area contributed by atoms with E-state index in [2.05, 4.69) is 43.9 Å². The van der Waals surface area contributed by atoms with Crippen molar-refractivity contribution in [2.45, 2.75) is 63.0 Å². The molecule has 1 aliphatic carbocycles. The van der Waals surface area contributed by atoms with Crippen LogP contribution in [-0.2, 0) is 21.5 Å². The van der Waals surface area contributed by atoms with Crippen molar-refractivity contribution in [3.63, 3.8) is 0 Å². The van der Waals surface area contributed by atoms with Gasteiger partial charge in [-0.05, 0) is 117 Å². The van der Waals surface area contributed by atoms with E-state index in [-0.39, 0.29) is 29.2 Å². The molecular weight excluding hydrogens is 605 g/mol. The van der Waals surface area contributed by atoms with Crippen LogP contribution in [0.3, 0.4) is 0 Å². The molecule has 2 aromatic rings. The first kappa shape index (κ1) is 33.5. The molecule has 258 valence electrons. The minimum absolute atomic E-state index is 0.124.